The molecule has 2 rings (SSSR count). The van der Waals surface area contributed by atoms with Gasteiger partial charge in [0.15, 0.2) is 0 Å². The average molecular weight is 297 g/mol. The molecule has 0 aromatic heterocycles. The van der Waals surface area contributed by atoms with E-state index in [1.54, 1.807) is 0 Å². The molecule has 0 spiro atoms. The Morgan fingerprint density at radius 1 is 1.00 bits per heavy atom. The van der Waals surface area contributed by atoms with Crippen LogP contribution in [0.2, 0.25) is 0 Å². The Morgan fingerprint density at radius 3 is 2.14 bits per heavy atom. The van der Waals surface area contributed by atoms with Crippen molar-refractivity contribution in [3.8, 4) is 0 Å². The van der Waals surface area contributed by atoms with Gasteiger partial charge < -0.3 is 10.1 Å². The van der Waals surface area contributed by atoms with Gasteiger partial charge in [-0.15, -0.1) is 0 Å². The molecule has 0 saturated heterocycles. The summed E-state index contributed by atoms with van der Waals surface area (Å²) in [4.78, 5) is 12.3. The second-order valence-corrected chi connectivity index (χ2v) is 5.17. The molecular formula is C19H23NO2. The molecule has 22 heavy (non-hydrogen) atoms. The number of ether oxygens (including phenoxy) is 1. The van der Waals surface area contributed by atoms with Crippen molar-refractivity contribution in [1.29, 1.82) is 0 Å². The number of hydrogen-bond acceptors (Lipinski definition) is 3. The first-order valence-electron chi connectivity index (χ1n) is 7.79. The largest absolute Gasteiger partial charge is 0.466 e. The molecule has 0 aliphatic heterocycles. The third-order valence-electron chi connectivity index (χ3n) is 3.69. The molecule has 2 aromatic carbocycles. The van der Waals surface area contributed by atoms with Crippen LogP contribution in [0.1, 0.15) is 31.9 Å². The zero-order chi connectivity index (χ0) is 15.8. The van der Waals surface area contributed by atoms with Crippen molar-refractivity contribution < 1.29 is 9.53 Å². The summed E-state index contributed by atoms with van der Waals surface area (Å²) in [6.45, 7) is 4.26. The number of nitrogens with one attached hydrogen (secondary N) is 1. The average Bonchev–Trinajstić information content (AvgIpc) is 2.56. The predicted molar refractivity (Wildman–Crippen MR) is 89.7 cm³/mol. The number of hydrogen-bond donors (Lipinski definition) is 1. The second-order valence-electron chi connectivity index (χ2n) is 5.17. The van der Waals surface area contributed by atoms with Gasteiger partial charge in [0, 0.05) is 5.69 Å². The summed E-state index contributed by atoms with van der Waals surface area (Å²) in [5, 5.41) is 3.48. The lowest BCUT2D eigenvalue weighted by Gasteiger charge is -2.27. The molecular weight excluding hydrogens is 274 g/mol. The van der Waals surface area contributed by atoms with Crippen LogP contribution < -0.4 is 5.32 Å². The van der Waals surface area contributed by atoms with Crippen LogP contribution in [0.5, 0.6) is 0 Å². The molecule has 3 nitrogen and oxygen atoms in total. The Morgan fingerprint density at radius 2 is 1.59 bits per heavy atom. The predicted octanol–water partition coefficient (Wildman–Crippen LogP) is 4.43. The van der Waals surface area contributed by atoms with Gasteiger partial charge in [0.05, 0.1) is 18.6 Å². The van der Waals surface area contributed by atoms with E-state index in [0.29, 0.717) is 6.61 Å². The summed E-state index contributed by atoms with van der Waals surface area (Å²) in [6, 6.07) is 19.9. The lowest BCUT2D eigenvalue weighted by atomic mass is 9.90. The number of anilines is 1. The minimum atomic E-state index is -0.220. The summed E-state index contributed by atoms with van der Waals surface area (Å²) in [7, 11) is 0. The fourth-order valence-electron chi connectivity index (χ4n) is 2.58. The first kappa shape index (κ1) is 16.1. The van der Waals surface area contributed by atoms with Crippen molar-refractivity contribution in [2.75, 3.05) is 11.9 Å². The molecule has 0 heterocycles. The first-order valence-corrected chi connectivity index (χ1v) is 7.79. The maximum Gasteiger partial charge on any atom is 0.311 e. The molecule has 3 heteroatoms. The Kier molecular flexibility index (Phi) is 6.01. The third-order valence-corrected chi connectivity index (χ3v) is 3.69. The summed E-state index contributed by atoms with van der Waals surface area (Å²) in [6.07, 6.45) is 0.720. The van der Waals surface area contributed by atoms with Crippen molar-refractivity contribution in [2.45, 2.75) is 26.3 Å². The molecule has 2 aromatic rings. The molecule has 1 N–H and O–H groups in total. The summed E-state index contributed by atoms with van der Waals surface area (Å²) in [5.41, 5.74) is 2.09. The lowest BCUT2D eigenvalue weighted by Crippen LogP contribution is -2.29. The van der Waals surface area contributed by atoms with Gasteiger partial charge in [0.1, 0.15) is 0 Å². The topological polar surface area (TPSA) is 38.3 Å². The van der Waals surface area contributed by atoms with Gasteiger partial charge in [-0.3, -0.25) is 4.79 Å². The van der Waals surface area contributed by atoms with E-state index < -0.39 is 0 Å². The highest BCUT2D eigenvalue weighted by Crippen LogP contribution is 2.30. The molecule has 2 atom stereocenters. The van der Waals surface area contributed by atoms with Crippen LogP contribution in [0.25, 0.3) is 0 Å². The molecule has 0 aliphatic rings. The van der Waals surface area contributed by atoms with E-state index in [2.05, 4.69) is 5.32 Å². The fraction of sp³-hybridized carbons (Fsp3) is 0.316. The minimum absolute atomic E-state index is 0.104. The molecule has 0 radical (unpaired) electrons. The van der Waals surface area contributed by atoms with Crippen molar-refractivity contribution in [2.24, 2.45) is 5.92 Å². The van der Waals surface area contributed by atoms with Crippen LogP contribution in [0.4, 0.5) is 5.69 Å². The number of carbonyl (C=O) groups is 1. The monoisotopic (exact) mass is 297 g/mol. The number of para-hydroxylation sites is 1. The SMILES string of the molecule is CCOC(=O)[C@H](CC)[C@@H](Nc1ccccc1)c1ccccc1. The zero-order valence-corrected chi connectivity index (χ0v) is 13.2. The van der Waals surface area contributed by atoms with Crippen LogP contribution in [0, 0.1) is 5.92 Å². The van der Waals surface area contributed by atoms with Gasteiger partial charge in [-0.2, -0.15) is 0 Å². The first-order chi connectivity index (χ1) is 10.8. The standard InChI is InChI=1S/C19H23NO2/c1-3-17(19(21)22-4-2)18(15-11-7-5-8-12-15)20-16-13-9-6-10-14-16/h5-14,17-18,20H,3-4H2,1-2H3/t17-,18+/m1/s1. The van der Waals surface area contributed by atoms with Gasteiger partial charge in [0.2, 0.25) is 0 Å². The number of carbonyl (C=O) groups excluding carboxylic acids is 1. The fourth-order valence-corrected chi connectivity index (χ4v) is 2.58. The van der Waals surface area contributed by atoms with Crippen molar-refractivity contribution in [1.82, 2.24) is 0 Å². The molecule has 0 fully saturated rings. The van der Waals surface area contributed by atoms with Crippen molar-refractivity contribution >= 4 is 11.7 Å². The second kappa shape index (κ2) is 8.23. The van der Waals surface area contributed by atoms with Gasteiger partial charge in [-0.25, -0.2) is 0 Å². The highest BCUT2D eigenvalue weighted by atomic mass is 16.5. The van der Waals surface area contributed by atoms with Crippen LogP contribution >= 0.6 is 0 Å². The summed E-state index contributed by atoms with van der Waals surface area (Å²) in [5.74, 6) is -0.371. The van der Waals surface area contributed by atoms with E-state index in [0.717, 1.165) is 17.7 Å². The third kappa shape index (κ3) is 4.10. The summed E-state index contributed by atoms with van der Waals surface area (Å²) >= 11 is 0. The zero-order valence-electron chi connectivity index (χ0n) is 13.2. The number of rotatable bonds is 7. The van der Waals surface area contributed by atoms with E-state index >= 15 is 0 Å². The Balaban J connectivity index is 2.30. The molecule has 0 saturated carbocycles. The van der Waals surface area contributed by atoms with E-state index in [9.17, 15) is 4.79 Å². The smallest absolute Gasteiger partial charge is 0.311 e. The van der Waals surface area contributed by atoms with Gasteiger partial charge in [-0.1, -0.05) is 55.5 Å². The Hall–Kier alpha value is -2.29. The van der Waals surface area contributed by atoms with Gasteiger partial charge in [-0.05, 0) is 31.0 Å². The Bertz CT molecular complexity index is 569. The summed E-state index contributed by atoms with van der Waals surface area (Å²) < 4.78 is 5.26. The van der Waals surface area contributed by atoms with Crippen LogP contribution in [0.3, 0.4) is 0 Å². The minimum Gasteiger partial charge on any atom is -0.466 e. The normalized spacial score (nSPS) is 13.2. The number of benzene rings is 2. The van der Waals surface area contributed by atoms with Gasteiger partial charge in [0.25, 0.3) is 0 Å². The molecule has 116 valence electrons. The maximum absolute atomic E-state index is 12.3. The van der Waals surface area contributed by atoms with E-state index in [1.807, 2.05) is 74.5 Å². The molecule has 0 aliphatic carbocycles. The van der Waals surface area contributed by atoms with E-state index in [-0.39, 0.29) is 17.9 Å². The van der Waals surface area contributed by atoms with Crippen LogP contribution in [0.15, 0.2) is 60.7 Å². The maximum atomic E-state index is 12.3. The highest BCUT2D eigenvalue weighted by molar-refractivity contribution is 5.74. The van der Waals surface area contributed by atoms with Crippen LogP contribution in [-0.2, 0) is 9.53 Å². The Labute approximate surface area is 132 Å². The van der Waals surface area contributed by atoms with E-state index in [1.165, 1.54) is 0 Å². The molecule has 0 unspecified atom stereocenters. The molecule has 0 bridgehead atoms. The lowest BCUT2D eigenvalue weighted by molar-refractivity contribution is -0.148. The van der Waals surface area contributed by atoms with Crippen molar-refractivity contribution in [3.63, 3.8) is 0 Å². The number of esters is 1. The van der Waals surface area contributed by atoms with Crippen LogP contribution in [-0.4, -0.2) is 12.6 Å². The van der Waals surface area contributed by atoms with Crippen molar-refractivity contribution in [3.05, 3.63) is 66.2 Å². The quantitative estimate of drug-likeness (QED) is 0.768. The van der Waals surface area contributed by atoms with E-state index in [4.69, 9.17) is 4.74 Å². The highest BCUT2D eigenvalue weighted by Gasteiger charge is 2.29. The van der Waals surface area contributed by atoms with Gasteiger partial charge >= 0.3 is 5.97 Å². The molecule has 0 amide bonds.